The number of alkyl halides is 3. The summed E-state index contributed by atoms with van der Waals surface area (Å²) in [4.78, 5) is 20.9. The average Bonchev–Trinajstić information content (AvgIpc) is 2.89. The molecular formula is C18H15BrF3N3OS. The molecule has 0 radical (unpaired) electrons. The van der Waals surface area contributed by atoms with E-state index in [2.05, 4.69) is 31.2 Å². The largest absolute Gasteiger partial charge is 0.416 e. The molecule has 1 aromatic heterocycles. The number of aliphatic imine (C=N–C) groups is 1. The van der Waals surface area contributed by atoms with Crippen molar-refractivity contribution in [3.05, 3.63) is 63.9 Å². The quantitative estimate of drug-likeness (QED) is 0.655. The zero-order chi connectivity index (χ0) is 19.8. The second kappa shape index (κ2) is 7.27. The molecule has 27 heavy (non-hydrogen) atoms. The van der Waals surface area contributed by atoms with Crippen LogP contribution in [0.4, 0.5) is 13.2 Å². The van der Waals surface area contributed by atoms with Crippen molar-refractivity contribution in [1.29, 1.82) is 0 Å². The highest BCUT2D eigenvalue weighted by molar-refractivity contribution is 9.10. The summed E-state index contributed by atoms with van der Waals surface area (Å²) < 4.78 is 39.4. The number of amides is 1. The van der Waals surface area contributed by atoms with Crippen LogP contribution in [0, 0.1) is 0 Å². The van der Waals surface area contributed by atoms with Gasteiger partial charge in [0.15, 0.2) is 5.17 Å². The van der Waals surface area contributed by atoms with E-state index in [1.165, 1.54) is 23.9 Å². The number of rotatable bonds is 3. The van der Waals surface area contributed by atoms with E-state index in [0.29, 0.717) is 9.77 Å². The number of aromatic nitrogens is 1. The van der Waals surface area contributed by atoms with Crippen LogP contribution < -0.4 is 5.32 Å². The van der Waals surface area contributed by atoms with Gasteiger partial charge < -0.3 is 5.32 Å². The van der Waals surface area contributed by atoms with Crippen LogP contribution in [0.2, 0.25) is 0 Å². The van der Waals surface area contributed by atoms with Gasteiger partial charge in [-0.1, -0.05) is 30.0 Å². The second-order valence-corrected chi connectivity index (χ2v) is 8.37. The van der Waals surface area contributed by atoms with Crippen LogP contribution >= 0.6 is 27.7 Å². The van der Waals surface area contributed by atoms with Gasteiger partial charge in [0.2, 0.25) is 5.91 Å². The van der Waals surface area contributed by atoms with Crippen molar-refractivity contribution < 1.29 is 18.0 Å². The number of pyridine rings is 1. The summed E-state index contributed by atoms with van der Waals surface area (Å²) in [6, 6.07) is 8.01. The zero-order valence-electron chi connectivity index (χ0n) is 14.3. The third-order valence-electron chi connectivity index (χ3n) is 4.26. The molecule has 9 heteroatoms. The van der Waals surface area contributed by atoms with E-state index in [9.17, 15) is 18.0 Å². The molecule has 3 rings (SSSR count). The van der Waals surface area contributed by atoms with Crippen LogP contribution in [-0.4, -0.2) is 16.1 Å². The number of hydrogen-bond donors (Lipinski definition) is 1. The number of nitrogens with zero attached hydrogens (tertiary/aromatic N) is 2. The fraction of sp³-hybridized carbons (Fsp3) is 0.278. The van der Waals surface area contributed by atoms with Crippen molar-refractivity contribution in [3.63, 3.8) is 0 Å². The summed E-state index contributed by atoms with van der Waals surface area (Å²) in [6.07, 6.45) is -2.88. The Morgan fingerprint density at radius 1 is 1.30 bits per heavy atom. The Kier molecular flexibility index (Phi) is 5.36. The van der Waals surface area contributed by atoms with E-state index in [1.807, 2.05) is 0 Å². The van der Waals surface area contributed by atoms with E-state index < -0.39 is 22.5 Å². The average molecular weight is 458 g/mol. The molecule has 1 saturated heterocycles. The predicted molar refractivity (Wildman–Crippen MR) is 102 cm³/mol. The molecule has 142 valence electrons. The Bertz CT molecular complexity index is 919. The van der Waals surface area contributed by atoms with Crippen molar-refractivity contribution >= 4 is 38.8 Å². The lowest BCUT2D eigenvalue weighted by Crippen LogP contribution is -2.31. The number of thioether (sulfide) groups is 1. The van der Waals surface area contributed by atoms with Gasteiger partial charge in [0.1, 0.15) is 9.35 Å². The second-order valence-electron chi connectivity index (χ2n) is 6.15. The maximum Gasteiger partial charge on any atom is 0.416 e. The Balaban J connectivity index is 1.91. The first kappa shape index (κ1) is 19.9. The smallest absolute Gasteiger partial charge is 0.304 e. The number of halogens is 4. The first-order valence-electron chi connectivity index (χ1n) is 7.97. The molecular weight excluding hydrogens is 443 g/mol. The lowest BCUT2D eigenvalue weighted by atomic mass is 10.0. The molecule has 2 unspecified atom stereocenters. The van der Waals surface area contributed by atoms with Crippen molar-refractivity contribution in [3.8, 4) is 0 Å². The molecule has 0 saturated carbocycles. The van der Waals surface area contributed by atoms with E-state index in [1.54, 1.807) is 38.2 Å². The first-order chi connectivity index (χ1) is 12.6. The van der Waals surface area contributed by atoms with Gasteiger partial charge in [-0.25, -0.2) is 4.98 Å². The number of amidine groups is 1. The van der Waals surface area contributed by atoms with Gasteiger partial charge in [0.25, 0.3) is 0 Å². The molecule has 1 N–H and O–H groups in total. The summed E-state index contributed by atoms with van der Waals surface area (Å²) in [5.74, 6) is -0.277. The van der Waals surface area contributed by atoms with Crippen LogP contribution in [0.1, 0.15) is 36.6 Å². The van der Waals surface area contributed by atoms with Gasteiger partial charge in [-0.3, -0.25) is 9.79 Å². The number of carbonyl (C=O) groups excluding carboxylic acids is 1. The Morgan fingerprint density at radius 3 is 2.67 bits per heavy atom. The molecule has 1 fully saturated rings. The van der Waals surface area contributed by atoms with Gasteiger partial charge in [0.05, 0.1) is 11.6 Å². The fourth-order valence-corrected chi connectivity index (χ4v) is 4.29. The SMILES string of the molecule is CC(N=C1NC(=O)C(C)(c2ccnc(Br)c2)S1)c1ccccc1C(F)(F)F. The Labute approximate surface area is 166 Å². The van der Waals surface area contributed by atoms with E-state index >= 15 is 0 Å². The molecule has 1 amide bonds. The minimum atomic E-state index is -4.46. The van der Waals surface area contributed by atoms with Crippen LogP contribution in [0.3, 0.4) is 0 Å². The maximum absolute atomic E-state index is 13.2. The van der Waals surface area contributed by atoms with Crippen LogP contribution in [0.25, 0.3) is 0 Å². The van der Waals surface area contributed by atoms with Gasteiger partial charge in [-0.05, 0) is 59.1 Å². The van der Waals surface area contributed by atoms with Crippen molar-refractivity contribution in [1.82, 2.24) is 10.3 Å². The summed E-state index contributed by atoms with van der Waals surface area (Å²) >= 11 is 4.46. The topological polar surface area (TPSA) is 54.4 Å². The number of benzene rings is 1. The monoisotopic (exact) mass is 457 g/mol. The van der Waals surface area contributed by atoms with Gasteiger partial charge >= 0.3 is 6.18 Å². The van der Waals surface area contributed by atoms with Gasteiger partial charge in [-0.15, -0.1) is 0 Å². The highest BCUT2D eigenvalue weighted by Crippen LogP contribution is 2.42. The minimum Gasteiger partial charge on any atom is -0.304 e. The van der Waals surface area contributed by atoms with E-state index in [-0.39, 0.29) is 11.5 Å². The first-order valence-corrected chi connectivity index (χ1v) is 9.58. The fourth-order valence-electron chi connectivity index (χ4n) is 2.79. The standard InChI is InChI=1S/C18H15BrF3N3OS/c1-10(12-5-3-4-6-13(12)18(20,21)22)24-16-25-15(26)17(2,27-16)11-7-8-23-14(19)9-11/h3-10H,1-2H3,(H,24,25,26). The highest BCUT2D eigenvalue weighted by atomic mass is 79.9. The maximum atomic E-state index is 13.2. The normalized spacial score (nSPS) is 22.7. The lowest BCUT2D eigenvalue weighted by Gasteiger charge is -2.19. The van der Waals surface area contributed by atoms with Crippen molar-refractivity contribution in [2.75, 3.05) is 0 Å². The summed E-state index contributed by atoms with van der Waals surface area (Å²) in [7, 11) is 0. The zero-order valence-corrected chi connectivity index (χ0v) is 16.7. The van der Waals surface area contributed by atoms with E-state index in [4.69, 9.17) is 0 Å². The van der Waals surface area contributed by atoms with Crippen LogP contribution in [-0.2, 0) is 15.7 Å². The number of carbonyl (C=O) groups is 1. The minimum absolute atomic E-state index is 0.0626. The van der Waals surface area contributed by atoms with Crippen LogP contribution in [0.5, 0.6) is 0 Å². The highest BCUT2D eigenvalue weighted by Gasteiger charge is 2.44. The predicted octanol–water partition coefficient (Wildman–Crippen LogP) is 5.06. The third-order valence-corrected chi connectivity index (χ3v) is 5.92. The number of hydrogen-bond acceptors (Lipinski definition) is 4. The molecule has 1 aliphatic heterocycles. The van der Waals surface area contributed by atoms with Crippen molar-refractivity contribution in [2.24, 2.45) is 4.99 Å². The van der Waals surface area contributed by atoms with Crippen molar-refractivity contribution in [2.45, 2.75) is 30.8 Å². The summed E-state index contributed by atoms with van der Waals surface area (Å²) in [5, 5.41) is 2.97. The molecule has 1 aliphatic rings. The summed E-state index contributed by atoms with van der Waals surface area (Å²) in [5.41, 5.74) is 0.0602. The molecule has 0 aliphatic carbocycles. The summed E-state index contributed by atoms with van der Waals surface area (Å²) in [6.45, 7) is 3.31. The molecule has 0 spiro atoms. The van der Waals surface area contributed by atoms with Crippen LogP contribution in [0.15, 0.2) is 52.2 Å². The lowest BCUT2D eigenvalue weighted by molar-refractivity contribution is -0.138. The molecule has 2 heterocycles. The third kappa shape index (κ3) is 4.03. The molecule has 4 nitrogen and oxygen atoms in total. The van der Waals surface area contributed by atoms with Gasteiger partial charge in [-0.2, -0.15) is 13.2 Å². The van der Waals surface area contributed by atoms with E-state index in [0.717, 1.165) is 11.6 Å². The molecule has 0 bridgehead atoms. The molecule has 1 aromatic carbocycles. The number of nitrogens with one attached hydrogen (secondary N) is 1. The van der Waals surface area contributed by atoms with Gasteiger partial charge in [0, 0.05) is 6.20 Å². The Hall–Kier alpha value is -1.87. The molecule has 2 aromatic rings. The molecule has 2 atom stereocenters. The Morgan fingerprint density at radius 2 is 2.00 bits per heavy atom.